The summed E-state index contributed by atoms with van der Waals surface area (Å²) in [5, 5.41) is 0. The van der Waals surface area contributed by atoms with Gasteiger partial charge in [0.2, 0.25) is 0 Å². The van der Waals surface area contributed by atoms with Gasteiger partial charge < -0.3 is 15.2 Å². The van der Waals surface area contributed by atoms with E-state index in [-0.39, 0.29) is 30.5 Å². The number of thiophene rings is 1. The van der Waals surface area contributed by atoms with Crippen LogP contribution in [0.2, 0.25) is 4.34 Å². The Kier molecular flexibility index (Phi) is 5.87. The molecule has 4 unspecified atom stereocenters. The van der Waals surface area contributed by atoms with E-state index in [0.29, 0.717) is 0 Å². The molecule has 1 aromatic heterocycles. The Morgan fingerprint density at radius 2 is 2.05 bits per heavy atom. The summed E-state index contributed by atoms with van der Waals surface area (Å²) in [6.07, 6.45) is 3.36. The van der Waals surface area contributed by atoms with Gasteiger partial charge in [0, 0.05) is 10.9 Å². The molecule has 114 valence electrons. The van der Waals surface area contributed by atoms with Crippen molar-refractivity contribution in [3.8, 4) is 0 Å². The molecule has 20 heavy (non-hydrogen) atoms. The fourth-order valence-electron chi connectivity index (χ4n) is 2.74. The van der Waals surface area contributed by atoms with Gasteiger partial charge >= 0.3 is 0 Å². The summed E-state index contributed by atoms with van der Waals surface area (Å²) in [7, 11) is 0. The molecule has 0 aliphatic carbocycles. The third kappa shape index (κ3) is 4.18. The number of halogens is 1. The lowest BCUT2D eigenvalue weighted by molar-refractivity contribution is -0.126. The van der Waals surface area contributed by atoms with Crippen LogP contribution < -0.4 is 5.73 Å². The molecule has 1 fully saturated rings. The van der Waals surface area contributed by atoms with Crippen molar-refractivity contribution < 1.29 is 9.47 Å². The molecule has 4 atom stereocenters. The van der Waals surface area contributed by atoms with E-state index in [1.807, 2.05) is 12.1 Å². The molecule has 2 N–H and O–H groups in total. The van der Waals surface area contributed by atoms with Crippen LogP contribution in [-0.4, -0.2) is 24.4 Å². The maximum atomic E-state index is 6.33. The average Bonchev–Trinajstić information content (AvgIpc) is 2.80. The molecule has 0 bridgehead atoms. The van der Waals surface area contributed by atoms with Gasteiger partial charge in [0.15, 0.2) is 0 Å². The zero-order valence-corrected chi connectivity index (χ0v) is 13.9. The second kappa shape index (κ2) is 7.23. The van der Waals surface area contributed by atoms with Gasteiger partial charge in [-0.15, -0.1) is 11.3 Å². The first-order chi connectivity index (χ1) is 9.49. The minimum absolute atomic E-state index is 0.00169. The molecule has 1 aliphatic rings. The summed E-state index contributed by atoms with van der Waals surface area (Å²) >= 11 is 7.60. The second-order valence-corrected chi connectivity index (χ2v) is 7.37. The van der Waals surface area contributed by atoms with Gasteiger partial charge in [0.1, 0.15) is 6.10 Å². The van der Waals surface area contributed by atoms with Gasteiger partial charge in [-0.2, -0.15) is 0 Å². The van der Waals surface area contributed by atoms with Gasteiger partial charge in [0.25, 0.3) is 0 Å². The number of rotatable bonds is 5. The summed E-state index contributed by atoms with van der Waals surface area (Å²) < 4.78 is 12.9. The highest BCUT2D eigenvalue weighted by Gasteiger charge is 2.30. The van der Waals surface area contributed by atoms with Gasteiger partial charge in [-0.25, -0.2) is 0 Å². The van der Waals surface area contributed by atoms with Crippen molar-refractivity contribution >= 4 is 22.9 Å². The zero-order chi connectivity index (χ0) is 14.7. The molecule has 5 heteroatoms. The second-order valence-electron chi connectivity index (χ2n) is 5.62. The van der Waals surface area contributed by atoms with E-state index in [4.69, 9.17) is 26.8 Å². The molecule has 2 rings (SSSR count). The number of nitrogens with two attached hydrogens (primary N) is 1. The fraction of sp³-hybridized carbons (Fsp3) is 0.733. The third-order valence-electron chi connectivity index (χ3n) is 3.73. The highest BCUT2D eigenvalue weighted by atomic mass is 35.5. The van der Waals surface area contributed by atoms with Gasteiger partial charge in [0.05, 0.1) is 22.6 Å². The Labute approximate surface area is 130 Å². The largest absolute Gasteiger partial charge is 0.375 e. The minimum Gasteiger partial charge on any atom is -0.375 e. The van der Waals surface area contributed by atoms with Gasteiger partial charge in [-0.05, 0) is 45.2 Å². The monoisotopic (exact) mass is 317 g/mol. The van der Waals surface area contributed by atoms with Crippen molar-refractivity contribution in [3.05, 3.63) is 21.3 Å². The SMILES string of the molecule is CCC(N)C(OC1CC(C)OC(C)C1)c1ccc(Cl)s1. The van der Waals surface area contributed by atoms with Crippen LogP contribution in [0.15, 0.2) is 12.1 Å². The van der Waals surface area contributed by atoms with Gasteiger partial charge in [-0.3, -0.25) is 0 Å². The molecule has 1 aliphatic heterocycles. The van der Waals surface area contributed by atoms with Crippen molar-refractivity contribution in [2.45, 2.75) is 70.5 Å². The summed E-state index contributed by atoms with van der Waals surface area (Å²) in [6.45, 7) is 6.29. The first-order valence-corrected chi connectivity index (χ1v) is 8.50. The van der Waals surface area contributed by atoms with Crippen molar-refractivity contribution in [3.63, 3.8) is 0 Å². The van der Waals surface area contributed by atoms with E-state index in [0.717, 1.165) is 28.5 Å². The van der Waals surface area contributed by atoms with Crippen LogP contribution in [0.4, 0.5) is 0 Å². The maximum absolute atomic E-state index is 6.33. The van der Waals surface area contributed by atoms with Crippen molar-refractivity contribution in [1.29, 1.82) is 0 Å². The lowest BCUT2D eigenvalue weighted by Crippen LogP contribution is -2.38. The highest BCUT2D eigenvalue weighted by molar-refractivity contribution is 7.16. The summed E-state index contributed by atoms with van der Waals surface area (Å²) in [6, 6.07) is 3.94. The van der Waals surface area contributed by atoms with Crippen LogP contribution in [0.1, 0.15) is 51.0 Å². The summed E-state index contributed by atoms with van der Waals surface area (Å²) in [4.78, 5) is 1.12. The quantitative estimate of drug-likeness (QED) is 0.887. The minimum atomic E-state index is -0.0694. The van der Waals surface area contributed by atoms with Crippen molar-refractivity contribution in [2.75, 3.05) is 0 Å². The van der Waals surface area contributed by atoms with Crippen LogP contribution in [0, 0.1) is 0 Å². The number of hydrogen-bond acceptors (Lipinski definition) is 4. The molecule has 0 saturated carbocycles. The van der Waals surface area contributed by atoms with Crippen LogP contribution in [0.3, 0.4) is 0 Å². The van der Waals surface area contributed by atoms with E-state index < -0.39 is 0 Å². The van der Waals surface area contributed by atoms with Gasteiger partial charge in [-0.1, -0.05) is 18.5 Å². The van der Waals surface area contributed by atoms with E-state index in [2.05, 4.69) is 20.8 Å². The fourth-order valence-corrected chi connectivity index (χ4v) is 3.91. The van der Waals surface area contributed by atoms with E-state index in [1.54, 1.807) is 11.3 Å². The molecule has 1 saturated heterocycles. The Balaban J connectivity index is 2.08. The first kappa shape index (κ1) is 16.2. The predicted molar refractivity (Wildman–Crippen MR) is 84.5 cm³/mol. The third-order valence-corrected chi connectivity index (χ3v) is 5.02. The predicted octanol–water partition coefficient (Wildman–Crippen LogP) is 4.15. The van der Waals surface area contributed by atoms with Crippen molar-refractivity contribution in [2.24, 2.45) is 5.73 Å². The lowest BCUT2D eigenvalue weighted by Gasteiger charge is -2.35. The molecular weight excluding hydrogens is 294 g/mol. The number of hydrogen-bond donors (Lipinski definition) is 1. The molecule has 0 amide bonds. The van der Waals surface area contributed by atoms with E-state index in [9.17, 15) is 0 Å². The molecule has 2 heterocycles. The van der Waals surface area contributed by atoms with Crippen LogP contribution in [0.5, 0.6) is 0 Å². The topological polar surface area (TPSA) is 44.5 Å². The molecule has 0 radical (unpaired) electrons. The first-order valence-electron chi connectivity index (χ1n) is 7.31. The van der Waals surface area contributed by atoms with Crippen LogP contribution in [0.25, 0.3) is 0 Å². The standard InChI is InChI=1S/C15H24ClNO2S/c1-4-12(17)15(13-5-6-14(16)20-13)19-11-7-9(2)18-10(3)8-11/h5-6,9-12,15H,4,7-8,17H2,1-3H3. The maximum Gasteiger partial charge on any atom is 0.107 e. The normalized spacial score (nSPS) is 30.1. The molecule has 3 nitrogen and oxygen atoms in total. The van der Waals surface area contributed by atoms with Crippen LogP contribution >= 0.6 is 22.9 Å². The Bertz CT molecular complexity index is 416. The summed E-state index contributed by atoms with van der Waals surface area (Å²) in [5.74, 6) is 0. The molecule has 0 spiro atoms. The highest BCUT2D eigenvalue weighted by Crippen LogP contribution is 2.34. The zero-order valence-electron chi connectivity index (χ0n) is 12.3. The van der Waals surface area contributed by atoms with Crippen molar-refractivity contribution in [1.82, 2.24) is 0 Å². The Morgan fingerprint density at radius 1 is 1.40 bits per heavy atom. The van der Waals surface area contributed by atoms with E-state index >= 15 is 0 Å². The van der Waals surface area contributed by atoms with Crippen LogP contribution in [-0.2, 0) is 9.47 Å². The Hall–Kier alpha value is -0.130. The van der Waals surface area contributed by atoms with E-state index in [1.165, 1.54) is 0 Å². The number of ether oxygens (including phenoxy) is 2. The lowest BCUT2D eigenvalue weighted by atomic mass is 10.0. The summed E-state index contributed by atoms with van der Waals surface area (Å²) in [5.41, 5.74) is 6.25. The molecule has 0 aromatic carbocycles. The smallest absolute Gasteiger partial charge is 0.107 e. The average molecular weight is 318 g/mol. The molecule has 1 aromatic rings. The Morgan fingerprint density at radius 3 is 2.55 bits per heavy atom. The molecular formula is C15H24ClNO2S.